The number of nitrogens with zero attached hydrogens (tertiary/aromatic N) is 2. The van der Waals surface area contributed by atoms with Crippen molar-refractivity contribution in [3.05, 3.63) is 27.9 Å². The van der Waals surface area contributed by atoms with E-state index in [1.54, 1.807) is 13.8 Å². The van der Waals surface area contributed by atoms with Crippen LogP contribution in [0.5, 0.6) is 0 Å². The summed E-state index contributed by atoms with van der Waals surface area (Å²) in [6.45, 7) is 3.88. The van der Waals surface area contributed by atoms with Crippen molar-refractivity contribution in [3.63, 3.8) is 0 Å². The van der Waals surface area contributed by atoms with Crippen LogP contribution in [0.4, 0.5) is 11.5 Å². The van der Waals surface area contributed by atoms with Crippen LogP contribution in [-0.2, 0) is 4.74 Å². The zero-order valence-electron chi connectivity index (χ0n) is 10.8. The molecule has 8 heteroatoms. The Morgan fingerprint density at radius 1 is 1.63 bits per heavy atom. The van der Waals surface area contributed by atoms with Crippen LogP contribution in [-0.4, -0.2) is 40.2 Å². The van der Waals surface area contributed by atoms with E-state index in [1.807, 2.05) is 0 Å². The van der Waals surface area contributed by atoms with E-state index in [2.05, 4.69) is 10.3 Å². The minimum Gasteiger partial charge on any atom is -0.478 e. The van der Waals surface area contributed by atoms with Crippen LogP contribution in [0.15, 0.2) is 12.3 Å². The standard InChI is InChI=1S/C11H15N3O5/c1-11(2,6-19-3)13-9-8(14(17)18)4-7(5-12-9)10(15)16/h4-5H,6H2,1-3H3,(H,12,13)(H,15,16). The summed E-state index contributed by atoms with van der Waals surface area (Å²) in [6.07, 6.45) is 1.07. The number of methoxy groups -OCH3 is 1. The Morgan fingerprint density at radius 3 is 2.74 bits per heavy atom. The summed E-state index contributed by atoms with van der Waals surface area (Å²) in [6, 6.07) is 0.973. The molecule has 1 heterocycles. The van der Waals surface area contributed by atoms with Gasteiger partial charge >= 0.3 is 11.7 Å². The smallest absolute Gasteiger partial charge is 0.337 e. The minimum absolute atomic E-state index is 0.0112. The molecule has 0 radical (unpaired) electrons. The molecule has 8 nitrogen and oxygen atoms in total. The van der Waals surface area contributed by atoms with E-state index < -0.39 is 16.4 Å². The molecule has 0 saturated heterocycles. The zero-order valence-corrected chi connectivity index (χ0v) is 10.8. The van der Waals surface area contributed by atoms with Gasteiger partial charge in [0.2, 0.25) is 5.82 Å². The second-order valence-corrected chi connectivity index (χ2v) is 4.60. The van der Waals surface area contributed by atoms with E-state index in [-0.39, 0.29) is 17.1 Å². The number of pyridine rings is 1. The zero-order chi connectivity index (χ0) is 14.6. The van der Waals surface area contributed by atoms with Crippen LogP contribution in [0.2, 0.25) is 0 Å². The molecule has 19 heavy (non-hydrogen) atoms. The van der Waals surface area contributed by atoms with E-state index in [0.29, 0.717) is 6.61 Å². The van der Waals surface area contributed by atoms with Gasteiger partial charge in [0.1, 0.15) is 0 Å². The predicted molar refractivity (Wildman–Crippen MR) is 67.4 cm³/mol. The maximum absolute atomic E-state index is 10.9. The molecule has 0 atom stereocenters. The average Bonchev–Trinajstić information content (AvgIpc) is 2.27. The van der Waals surface area contributed by atoms with Gasteiger partial charge in [-0.1, -0.05) is 0 Å². The lowest BCUT2D eigenvalue weighted by Crippen LogP contribution is -2.36. The maximum Gasteiger partial charge on any atom is 0.337 e. The van der Waals surface area contributed by atoms with Crippen LogP contribution in [0.3, 0.4) is 0 Å². The molecule has 1 aromatic heterocycles. The number of anilines is 1. The molecule has 0 unspecified atom stereocenters. The number of nitrogens with one attached hydrogen (secondary N) is 1. The molecule has 0 aliphatic rings. The van der Waals surface area contributed by atoms with Gasteiger partial charge in [-0.25, -0.2) is 9.78 Å². The molecule has 0 saturated carbocycles. The highest BCUT2D eigenvalue weighted by Gasteiger charge is 2.25. The summed E-state index contributed by atoms with van der Waals surface area (Å²) < 4.78 is 4.99. The van der Waals surface area contributed by atoms with Gasteiger partial charge in [0.15, 0.2) is 0 Å². The summed E-state index contributed by atoms with van der Waals surface area (Å²) in [5.41, 5.74) is -1.19. The Balaban J connectivity index is 3.14. The largest absolute Gasteiger partial charge is 0.478 e. The fraction of sp³-hybridized carbons (Fsp3) is 0.455. The highest BCUT2D eigenvalue weighted by molar-refractivity contribution is 5.88. The number of rotatable bonds is 6. The number of carbonyl (C=O) groups is 1. The number of ether oxygens (including phenoxy) is 1. The molecule has 0 amide bonds. The lowest BCUT2D eigenvalue weighted by atomic mass is 10.1. The number of hydrogen-bond acceptors (Lipinski definition) is 6. The van der Waals surface area contributed by atoms with Crippen molar-refractivity contribution in [2.75, 3.05) is 19.0 Å². The molecular weight excluding hydrogens is 254 g/mol. The third kappa shape index (κ3) is 3.88. The third-order valence-electron chi connectivity index (χ3n) is 2.27. The molecule has 0 bridgehead atoms. The number of aromatic carboxylic acids is 1. The Hall–Kier alpha value is -2.22. The van der Waals surface area contributed by atoms with Crippen LogP contribution < -0.4 is 5.32 Å². The Morgan fingerprint density at radius 2 is 2.26 bits per heavy atom. The average molecular weight is 269 g/mol. The van der Waals surface area contributed by atoms with Gasteiger partial charge in [-0.05, 0) is 13.8 Å². The van der Waals surface area contributed by atoms with Crippen molar-refractivity contribution < 1.29 is 19.6 Å². The summed E-state index contributed by atoms with van der Waals surface area (Å²) in [5, 5.41) is 22.6. The van der Waals surface area contributed by atoms with Crippen LogP contribution in [0.25, 0.3) is 0 Å². The van der Waals surface area contributed by atoms with E-state index >= 15 is 0 Å². The monoisotopic (exact) mass is 269 g/mol. The SMILES string of the molecule is COCC(C)(C)Nc1ncc(C(=O)O)cc1[N+](=O)[O-]. The van der Waals surface area contributed by atoms with E-state index in [9.17, 15) is 14.9 Å². The fourth-order valence-electron chi connectivity index (χ4n) is 1.52. The molecule has 1 rings (SSSR count). The number of carboxylic acid groups (broad SMARTS) is 1. The van der Waals surface area contributed by atoms with Crippen molar-refractivity contribution >= 4 is 17.5 Å². The van der Waals surface area contributed by atoms with E-state index in [1.165, 1.54) is 7.11 Å². The molecular formula is C11H15N3O5. The van der Waals surface area contributed by atoms with Crippen molar-refractivity contribution in [3.8, 4) is 0 Å². The van der Waals surface area contributed by atoms with E-state index in [0.717, 1.165) is 12.3 Å². The summed E-state index contributed by atoms with van der Waals surface area (Å²) in [4.78, 5) is 24.8. The van der Waals surface area contributed by atoms with E-state index in [4.69, 9.17) is 9.84 Å². The van der Waals surface area contributed by atoms with Gasteiger partial charge in [0.25, 0.3) is 0 Å². The topological polar surface area (TPSA) is 115 Å². The lowest BCUT2D eigenvalue weighted by Gasteiger charge is -2.25. The summed E-state index contributed by atoms with van der Waals surface area (Å²) in [5.74, 6) is -1.25. The van der Waals surface area contributed by atoms with Gasteiger partial charge in [-0.15, -0.1) is 0 Å². The Labute approximate surface area is 109 Å². The van der Waals surface area contributed by atoms with Crippen molar-refractivity contribution in [1.29, 1.82) is 0 Å². The number of nitro groups is 1. The molecule has 1 aromatic rings. The molecule has 0 aromatic carbocycles. The van der Waals surface area contributed by atoms with Gasteiger partial charge in [0.05, 0.1) is 22.6 Å². The number of aromatic nitrogens is 1. The lowest BCUT2D eigenvalue weighted by molar-refractivity contribution is -0.384. The van der Waals surface area contributed by atoms with Gasteiger partial charge in [-0.3, -0.25) is 10.1 Å². The molecule has 2 N–H and O–H groups in total. The van der Waals surface area contributed by atoms with Crippen LogP contribution in [0, 0.1) is 10.1 Å². The second-order valence-electron chi connectivity index (χ2n) is 4.60. The van der Waals surface area contributed by atoms with Crippen LogP contribution in [0.1, 0.15) is 24.2 Å². The first-order valence-electron chi connectivity index (χ1n) is 5.41. The molecule has 0 spiro atoms. The molecule has 0 aliphatic heterocycles. The molecule has 104 valence electrons. The first-order chi connectivity index (χ1) is 8.76. The first kappa shape index (κ1) is 14.8. The predicted octanol–water partition coefficient (Wildman–Crippen LogP) is 1.52. The quantitative estimate of drug-likeness (QED) is 0.594. The fourth-order valence-corrected chi connectivity index (χ4v) is 1.52. The Kier molecular flexibility index (Phi) is 4.38. The summed E-state index contributed by atoms with van der Waals surface area (Å²) >= 11 is 0. The van der Waals surface area contributed by atoms with Crippen molar-refractivity contribution in [2.45, 2.75) is 19.4 Å². The summed E-state index contributed by atoms with van der Waals surface area (Å²) in [7, 11) is 1.51. The highest BCUT2D eigenvalue weighted by atomic mass is 16.6. The van der Waals surface area contributed by atoms with Gasteiger partial charge in [0, 0.05) is 19.4 Å². The van der Waals surface area contributed by atoms with Gasteiger partial charge < -0.3 is 15.2 Å². The number of carboxylic acids is 1. The number of hydrogen-bond donors (Lipinski definition) is 2. The third-order valence-corrected chi connectivity index (χ3v) is 2.27. The van der Waals surface area contributed by atoms with Crippen molar-refractivity contribution in [1.82, 2.24) is 4.98 Å². The maximum atomic E-state index is 10.9. The Bertz CT molecular complexity index is 501. The van der Waals surface area contributed by atoms with Crippen molar-refractivity contribution in [2.24, 2.45) is 0 Å². The first-order valence-corrected chi connectivity index (χ1v) is 5.41. The minimum atomic E-state index is -1.27. The second kappa shape index (κ2) is 5.61. The normalized spacial score (nSPS) is 11.1. The highest BCUT2D eigenvalue weighted by Crippen LogP contribution is 2.25. The molecule has 0 aliphatic carbocycles. The van der Waals surface area contributed by atoms with Crippen LogP contribution >= 0.6 is 0 Å². The molecule has 0 fully saturated rings. The van der Waals surface area contributed by atoms with Gasteiger partial charge in [-0.2, -0.15) is 0 Å².